The Hall–Kier alpha value is -1.50. The number of hydrogen-bond acceptors (Lipinski definition) is 5. The number of amides is 1. The monoisotopic (exact) mass is 236 g/mol. The van der Waals surface area contributed by atoms with Crippen molar-refractivity contribution in [2.45, 2.75) is 44.2 Å². The largest absolute Gasteiger partial charge is 0.303 e. The second kappa shape index (κ2) is 4.40. The third-order valence-corrected chi connectivity index (χ3v) is 3.76. The summed E-state index contributed by atoms with van der Waals surface area (Å²) in [5.74, 6) is 0.845. The van der Waals surface area contributed by atoms with Gasteiger partial charge in [-0.1, -0.05) is 17.9 Å². The first-order valence-corrected chi connectivity index (χ1v) is 6.13. The van der Waals surface area contributed by atoms with E-state index < -0.39 is 0 Å². The average Bonchev–Trinajstić information content (AvgIpc) is 2.96. The van der Waals surface area contributed by atoms with Gasteiger partial charge in [0.05, 0.1) is 6.04 Å². The van der Waals surface area contributed by atoms with Crippen LogP contribution in [0.15, 0.2) is 0 Å². The van der Waals surface area contributed by atoms with E-state index in [1.807, 2.05) is 0 Å². The molecule has 17 heavy (non-hydrogen) atoms. The Morgan fingerprint density at radius 2 is 2.24 bits per heavy atom. The highest BCUT2D eigenvalue weighted by Gasteiger charge is 2.38. The molecule has 3 atom stereocenters. The third kappa shape index (κ3) is 2.14. The summed E-state index contributed by atoms with van der Waals surface area (Å²) in [5, 5.41) is 19.2. The Morgan fingerprint density at radius 3 is 3.00 bits per heavy atom. The maximum atomic E-state index is 12.0. The molecule has 7 heteroatoms. The van der Waals surface area contributed by atoms with Gasteiger partial charge in [-0.2, -0.15) is 5.21 Å². The van der Waals surface area contributed by atoms with E-state index in [0.717, 1.165) is 6.42 Å². The van der Waals surface area contributed by atoms with Crippen molar-refractivity contribution in [3.05, 3.63) is 0 Å². The van der Waals surface area contributed by atoms with E-state index in [4.69, 9.17) is 0 Å². The lowest BCUT2D eigenvalue weighted by Crippen LogP contribution is -2.40. The van der Waals surface area contributed by atoms with Gasteiger partial charge in [-0.15, -0.1) is 5.10 Å². The van der Waals surface area contributed by atoms with Crippen LogP contribution in [0.4, 0.5) is 5.95 Å². The standard InChI is InChI=1S/C10H16N6O/c17-9(12-10-13-15-16-14-10)8-5-6-3-1-2-4-7(6)11-8/h6-8,11H,1-5H2,(H2,12,13,14,15,16,17). The van der Waals surface area contributed by atoms with Crippen LogP contribution in [0.3, 0.4) is 0 Å². The molecule has 0 radical (unpaired) electrons. The number of H-pyrrole nitrogens is 1. The number of nitrogens with zero attached hydrogens (tertiary/aromatic N) is 3. The predicted octanol–water partition coefficient (Wildman–Crippen LogP) is 0.0589. The zero-order valence-electron chi connectivity index (χ0n) is 9.52. The number of tetrazole rings is 1. The van der Waals surface area contributed by atoms with Gasteiger partial charge in [0.15, 0.2) is 0 Å². The highest BCUT2D eigenvalue weighted by atomic mass is 16.2. The van der Waals surface area contributed by atoms with Crippen molar-refractivity contribution >= 4 is 11.9 Å². The highest BCUT2D eigenvalue weighted by Crippen LogP contribution is 2.33. The molecule has 1 aromatic rings. The lowest BCUT2D eigenvalue weighted by molar-refractivity contribution is -0.117. The second-order valence-corrected chi connectivity index (χ2v) is 4.83. The van der Waals surface area contributed by atoms with Crippen molar-refractivity contribution < 1.29 is 4.79 Å². The topological polar surface area (TPSA) is 95.6 Å². The summed E-state index contributed by atoms with van der Waals surface area (Å²) in [5.41, 5.74) is 0. The first-order chi connectivity index (χ1) is 8.33. The maximum Gasteiger partial charge on any atom is 0.269 e. The normalized spacial score (nSPS) is 32.1. The van der Waals surface area contributed by atoms with Crippen molar-refractivity contribution in [1.29, 1.82) is 0 Å². The molecule has 1 aliphatic heterocycles. The van der Waals surface area contributed by atoms with Crippen LogP contribution in [-0.2, 0) is 4.79 Å². The van der Waals surface area contributed by atoms with Crippen molar-refractivity contribution in [1.82, 2.24) is 25.9 Å². The molecule has 92 valence electrons. The number of nitrogens with one attached hydrogen (secondary N) is 3. The van der Waals surface area contributed by atoms with Gasteiger partial charge in [-0.25, -0.2) is 0 Å². The van der Waals surface area contributed by atoms with Gasteiger partial charge in [0.1, 0.15) is 0 Å². The summed E-state index contributed by atoms with van der Waals surface area (Å²) < 4.78 is 0. The van der Waals surface area contributed by atoms with Crippen molar-refractivity contribution in [3.8, 4) is 0 Å². The molecule has 3 N–H and O–H groups in total. The number of fused-ring (bicyclic) bond motifs is 1. The molecule has 0 spiro atoms. The Morgan fingerprint density at radius 1 is 1.35 bits per heavy atom. The average molecular weight is 236 g/mol. The summed E-state index contributed by atoms with van der Waals surface area (Å²) in [4.78, 5) is 12.0. The molecule has 1 aromatic heterocycles. The minimum atomic E-state index is -0.110. The molecule has 2 fully saturated rings. The van der Waals surface area contributed by atoms with Gasteiger partial charge in [0.25, 0.3) is 5.95 Å². The van der Waals surface area contributed by atoms with Crippen LogP contribution in [0, 0.1) is 5.92 Å². The summed E-state index contributed by atoms with van der Waals surface area (Å²) in [7, 11) is 0. The number of aromatic nitrogens is 4. The molecular formula is C10H16N6O. The lowest BCUT2D eigenvalue weighted by atomic mass is 9.85. The van der Waals surface area contributed by atoms with Crippen molar-refractivity contribution in [2.75, 3.05) is 5.32 Å². The Kier molecular flexibility index (Phi) is 2.76. The summed E-state index contributed by atoms with van der Waals surface area (Å²) in [6, 6.07) is 0.409. The molecule has 2 heterocycles. The molecule has 3 unspecified atom stereocenters. The summed E-state index contributed by atoms with van der Waals surface area (Å²) >= 11 is 0. The third-order valence-electron chi connectivity index (χ3n) is 3.76. The fourth-order valence-electron chi connectivity index (χ4n) is 2.93. The van der Waals surface area contributed by atoms with Gasteiger partial charge < -0.3 is 5.32 Å². The minimum absolute atomic E-state index is 0.0548. The molecule has 7 nitrogen and oxygen atoms in total. The first-order valence-electron chi connectivity index (χ1n) is 6.13. The smallest absolute Gasteiger partial charge is 0.269 e. The maximum absolute atomic E-state index is 12.0. The molecule has 0 bridgehead atoms. The SMILES string of the molecule is O=C(Nc1nn[nH]n1)C1CC2CCCCC2N1. The number of anilines is 1. The summed E-state index contributed by atoms with van der Waals surface area (Å²) in [6.45, 7) is 0. The zero-order valence-corrected chi connectivity index (χ0v) is 9.52. The fourth-order valence-corrected chi connectivity index (χ4v) is 2.93. The molecule has 1 aliphatic carbocycles. The Labute approximate surface area is 98.7 Å². The Bertz CT molecular complexity index is 378. The van der Waals surface area contributed by atoms with Gasteiger partial charge in [0.2, 0.25) is 5.91 Å². The van der Waals surface area contributed by atoms with Crippen LogP contribution < -0.4 is 10.6 Å². The van der Waals surface area contributed by atoms with Gasteiger partial charge in [-0.3, -0.25) is 10.1 Å². The predicted molar refractivity (Wildman–Crippen MR) is 60.1 cm³/mol. The molecule has 1 amide bonds. The van der Waals surface area contributed by atoms with E-state index in [0.29, 0.717) is 12.0 Å². The highest BCUT2D eigenvalue weighted by molar-refractivity contribution is 5.93. The first kappa shape index (κ1) is 10.6. The molecule has 2 aliphatic rings. The molecule has 1 saturated carbocycles. The van der Waals surface area contributed by atoms with Gasteiger partial charge >= 0.3 is 0 Å². The number of carbonyl (C=O) groups excluding carboxylic acids is 1. The Balaban J connectivity index is 1.60. The van der Waals surface area contributed by atoms with Gasteiger partial charge in [-0.05, 0) is 30.4 Å². The van der Waals surface area contributed by atoms with Crippen molar-refractivity contribution in [3.63, 3.8) is 0 Å². The number of hydrogen-bond donors (Lipinski definition) is 3. The van der Waals surface area contributed by atoms with E-state index in [1.54, 1.807) is 0 Å². The second-order valence-electron chi connectivity index (χ2n) is 4.83. The van der Waals surface area contributed by atoms with E-state index in [1.165, 1.54) is 25.7 Å². The van der Waals surface area contributed by atoms with E-state index in [2.05, 4.69) is 31.3 Å². The number of aromatic amines is 1. The molecule has 3 rings (SSSR count). The van der Waals surface area contributed by atoms with Crippen LogP contribution in [0.25, 0.3) is 0 Å². The molecule has 1 saturated heterocycles. The minimum Gasteiger partial charge on any atom is -0.303 e. The zero-order chi connectivity index (χ0) is 11.7. The van der Waals surface area contributed by atoms with Crippen LogP contribution >= 0.6 is 0 Å². The van der Waals surface area contributed by atoms with E-state index in [-0.39, 0.29) is 17.9 Å². The van der Waals surface area contributed by atoms with Gasteiger partial charge in [0, 0.05) is 6.04 Å². The molecular weight excluding hydrogens is 220 g/mol. The van der Waals surface area contributed by atoms with Crippen LogP contribution in [-0.4, -0.2) is 38.6 Å². The number of rotatable bonds is 2. The van der Waals surface area contributed by atoms with Crippen LogP contribution in [0.2, 0.25) is 0 Å². The molecule has 0 aromatic carbocycles. The fraction of sp³-hybridized carbons (Fsp3) is 0.800. The van der Waals surface area contributed by atoms with Crippen LogP contribution in [0.1, 0.15) is 32.1 Å². The van der Waals surface area contributed by atoms with Crippen molar-refractivity contribution in [2.24, 2.45) is 5.92 Å². The van der Waals surface area contributed by atoms with E-state index in [9.17, 15) is 4.79 Å². The summed E-state index contributed by atoms with van der Waals surface area (Å²) in [6.07, 6.45) is 5.92. The van der Waals surface area contributed by atoms with Crippen LogP contribution in [0.5, 0.6) is 0 Å². The lowest BCUT2D eigenvalue weighted by Gasteiger charge is -2.24. The quantitative estimate of drug-likeness (QED) is 0.674. The number of carbonyl (C=O) groups is 1. The van der Waals surface area contributed by atoms with E-state index >= 15 is 0 Å².